The smallest absolute Gasteiger partial charge is 0.323 e. The van der Waals surface area contributed by atoms with Gasteiger partial charge in [0.25, 0.3) is 0 Å². The zero-order valence-electron chi connectivity index (χ0n) is 16.0. The Morgan fingerprint density at radius 2 is 1.72 bits per heavy atom. The second-order valence-electron chi connectivity index (χ2n) is 7.09. The number of carbonyl (C=O) groups is 1. The van der Waals surface area contributed by atoms with Gasteiger partial charge in [0.2, 0.25) is 0 Å². The molecule has 3 aromatic carbocycles. The third-order valence-corrected chi connectivity index (χ3v) is 5.30. The highest BCUT2D eigenvalue weighted by Gasteiger charge is 2.19. The van der Waals surface area contributed by atoms with Gasteiger partial charge in [0.15, 0.2) is 5.43 Å². The highest BCUT2D eigenvalue weighted by Crippen LogP contribution is 2.34. The first-order chi connectivity index (χ1) is 13.9. The van der Waals surface area contributed by atoms with Crippen molar-refractivity contribution in [2.75, 3.05) is 19.0 Å². The van der Waals surface area contributed by atoms with E-state index in [0.717, 1.165) is 11.1 Å². The molecule has 0 fully saturated rings. The summed E-state index contributed by atoms with van der Waals surface area (Å²) >= 11 is 6.41. The highest BCUT2D eigenvalue weighted by molar-refractivity contribution is 6.35. The third-order valence-electron chi connectivity index (χ3n) is 5.00. The van der Waals surface area contributed by atoms with Crippen LogP contribution in [0.15, 0.2) is 65.5 Å². The number of aromatic nitrogens is 1. The minimum Gasteiger partial charge on any atom is -0.480 e. The van der Waals surface area contributed by atoms with Crippen molar-refractivity contribution >= 4 is 45.1 Å². The number of rotatable bonds is 4. The summed E-state index contributed by atoms with van der Waals surface area (Å²) in [5.41, 5.74) is 3.46. The molecule has 0 saturated heterocycles. The molecule has 1 heterocycles. The first kappa shape index (κ1) is 19.0. The van der Waals surface area contributed by atoms with Gasteiger partial charge >= 0.3 is 5.97 Å². The molecular formula is C23H19ClN2O3. The number of halogens is 1. The van der Waals surface area contributed by atoms with Crippen LogP contribution in [0.2, 0.25) is 5.02 Å². The fourth-order valence-electron chi connectivity index (χ4n) is 3.77. The normalized spacial score (nSPS) is 11.1. The number of carboxylic acids is 1. The van der Waals surface area contributed by atoms with Crippen LogP contribution in [-0.4, -0.2) is 29.7 Å². The van der Waals surface area contributed by atoms with Crippen molar-refractivity contribution < 1.29 is 9.90 Å². The number of hydrogen-bond acceptors (Lipinski definition) is 3. The van der Waals surface area contributed by atoms with Crippen molar-refractivity contribution in [3.8, 4) is 11.1 Å². The molecule has 5 nitrogen and oxygen atoms in total. The maximum absolute atomic E-state index is 13.4. The van der Waals surface area contributed by atoms with E-state index in [9.17, 15) is 14.7 Å². The van der Waals surface area contributed by atoms with Crippen LogP contribution in [0.3, 0.4) is 0 Å². The lowest BCUT2D eigenvalue weighted by Gasteiger charge is -2.22. The van der Waals surface area contributed by atoms with E-state index in [1.54, 1.807) is 21.6 Å². The Morgan fingerprint density at radius 3 is 2.38 bits per heavy atom. The summed E-state index contributed by atoms with van der Waals surface area (Å²) in [6.45, 7) is -0.279. The molecule has 0 aliphatic carbocycles. The van der Waals surface area contributed by atoms with Crippen LogP contribution < -0.4 is 10.3 Å². The molecule has 0 atom stereocenters. The number of fused-ring (bicyclic) bond motifs is 2. The zero-order chi connectivity index (χ0) is 20.7. The van der Waals surface area contributed by atoms with E-state index in [1.807, 2.05) is 62.6 Å². The van der Waals surface area contributed by atoms with Crippen LogP contribution >= 0.6 is 11.6 Å². The maximum Gasteiger partial charge on any atom is 0.323 e. The molecule has 1 N–H and O–H groups in total. The van der Waals surface area contributed by atoms with Gasteiger partial charge in [-0.3, -0.25) is 9.59 Å². The monoisotopic (exact) mass is 406 g/mol. The summed E-state index contributed by atoms with van der Waals surface area (Å²) in [6.07, 6.45) is 0. The Morgan fingerprint density at radius 1 is 1.00 bits per heavy atom. The van der Waals surface area contributed by atoms with Gasteiger partial charge in [-0.25, -0.2) is 0 Å². The molecule has 0 unspecified atom stereocenters. The van der Waals surface area contributed by atoms with E-state index in [1.165, 1.54) is 0 Å². The Bertz CT molecular complexity index is 1310. The molecule has 6 heteroatoms. The van der Waals surface area contributed by atoms with Crippen LogP contribution in [0.25, 0.3) is 32.9 Å². The highest BCUT2D eigenvalue weighted by atomic mass is 35.5. The van der Waals surface area contributed by atoms with Gasteiger partial charge in [-0.1, -0.05) is 48.0 Å². The maximum atomic E-state index is 13.4. The summed E-state index contributed by atoms with van der Waals surface area (Å²) in [5, 5.41) is 10.9. The van der Waals surface area contributed by atoms with Gasteiger partial charge in [0, 0.05) is 24.9 Å². The summed E-state index contributed by atoms with van der Waals surface area (Å²) in [5.74, 6) is -0.993. The molecule has 0 radical (unpaired) electrons. The van der Waals surface area contributed by atoms with Gasteiger partial charge in [-0.15, -0.1) is 0 Å². The molecule has 0 aliphatic rings. The second kappa shape index (κ2) is 7.26. The van der Waals surface area contributed by atoms with Crippen molar-refractivity contribution in [2.45, 2.75) is 6.54 Å². The molecular weight excluding hydrogens is 388 g/mol. The van der Waals surface area contributed by atoms with Gasteiger partial charge < -0.3 is 14.6 Å². The Balaban J connectivity index is 2.16. The largest absolute Gasteiger partial charge is 0.480 e. The number of anilines is 1. The predicted molar refractivity (Wildman–Crippen MR) is 118 cm³/mol. The van der Waals surface area contributed by atoms with E-state index in [2.05, 4.69) is 0 Å². The molecule has 0 aliphatic heterocycles. The lowest BCUT2D eigenvalue weighted by molar-refractivity contribution is -0.137. The summed E-state index contributed by atoms with van der Waals surface area (Å²) in [6, 6.07) is 18.6. The number of pyridine rings is 1. The van der Waals surface area contributed by atoms with E-state index < -0.39 is 5.97 Å². The predicted octanol–water partition coefficient (Wildman–Crippen LogP) is 4.63. The quantitative estimate of drug-likeness (QED) is 0.502. The van der Waals surface area contributed by atoms with E-state index in [0.29, 0.717) is 32.5 Å². The first-order valence-corrected chi connectivity index (χ1v) is 9.49. The fraction of sp³-hybridized carbons (Fsp3) is 0.130. The lowest BCUT2D eigenvalue weighted by Crippen LogP contribution is -2.19. The Labute approximate surface area is 172 Å². The number of benzene rings is 3. The molecule has 4 aromatic rings. The zero-order valence-corrected chi connectivity index (χ0v) is 16.8. The molecule has 29 heavy (non-hydrogen) atoms. The van der Waals surface area contributed by atoms with Crippen LogP contribution in [0, 0.1) is 0 Å². The minimum atomic E-state index is -0.993. The topological polar surface area (TPSA) is 62.5 Å². The molecule has 0 spiro atoms. The van der Waals surface area contributed by atoms with Crippen LogP contribution in [0.1, 0.15) is 0 Å². The first-order valence-electron chi connectivity index (χ1n) is 9.12. The molecule has 0 saturated carbocycles. The summed E-state index contributed by atoms with van der Waals surface area (Å²) in [4.78, 5) is 26.8. The summed E-state index contributed by atoms with van der Waals surface area (Å²) in [7, 11) is 3.64. The SMILES string of the molecule is CN(C)c1c(Cl)ccc2c(=O)c3cc(-c4ccccc4)ccc3n(CC(=O)O)c12. The van der Waals surface area contributed by atoms with Crippen molar-refractivity contribution in [1.29, 1.82) is 0 Å². The van der Waals surface area contributed by atoms with Crippen molar-refractivity contribution in [1.82, 2.24) is 4.57 Å². The number of aliphatic carboxylic acids is 1. The van der Waals surface area contributed by atoms with E-state index >= 15 is 0 Å². The summed E-state index contributed by atoms with van der Waals surface area (Å²) < 4.78 is 1.66. The third kappa shape index (κ3) is 3.23. The second-order valence-corrected chi connectivity index (χ2v) is 7.50. The number of carboxylic acid groups (broad SMARTS) is 1. The van der Waals surface area contributed by atoms with Crippen LogP contribution in [0.5, 0.6) is 0 Å². The van der Waals surface area contributed by atoms with Gasteiger partial charge in [-0.2, -0.15) is 0 Å². The van der Waals surface area contributed by atoms with Gasteiger partial charge in [-0.05, 0) is 35.4 Å². The van der Waals surface area contributed by atoms with E-state index in [4.69, 9.17) is 11.6 Å². The van der Waals surface area contributed by atoms with Crippen molar-refractivity contribution in [3.63, 3.8) is 0 Å². The van der Waals surface area contributed by atoms with Gasteiger partial charge in [0.05, 0.1) is 21.7 Å². The average Bonchev–Trinajstić information content (AvgIpc) is 2.70. The average molecular weight is 407 g/mol. The fourth-order valence-corrected chi connectivity index (χ4v) is 4.09. The van der Waals surface area contributed by atoms with Crippen molar-refractivity contribution in [3.05, 3.63) is 75.9 Å². The van der Waals surface area contributed by atoms with Crippen LogP contribution in [0.4, 0.5) is 5.69 Å². The standard InChI is InChI=1S/C23H19ClN2O3/c1-25(2)22-18(24)10-9-16-21(22)26(13-20(27)28)19-11-8-15(12-17(19)23(16)29)14-6-4-3-5-7-14/h3-12H,13H2,1-2H3,(H,27,28). The number of hydrogen-bond donors (Lipinski definition) is 1. The van der Waals surface area contributed by atoms with E-state index in [-0.39, 0.29) is 12.0 Å². The molecule has 1 aromatic heterocycles. The lowest BCUT2D eigenvalue weighted by atomic mass is 10.0. The molecule has 0 bridgehead atoms. The van der Waals surface area contributed by atoms with Gasteiger partial charge in [0.1, 0.15) is 6.54 Å². The van der Waals surface area contributed by atoms with Crippen molar-refractivity contribution in [2.24, 2.45) is 0 Å². The molecule has 146 valence electrons. The molecule has 4 rings (SSSR count). The number of nitrogens with zero attached hydrogens (tertiary/aromatic N) is 2. The van der Waals surface area contributed by atoms with Crippen LogP contribution in [-0.2, 0) is 11.3 Å². The minimum absolute atomic E-state index is 0.144. The Hall–Kier alpha value is -3.31. The Kier molecular flexibility index (Phi) is 4.76. The molecule has 0 amide bonds.